The number of carbonyl (C=O) groups is 4. The van der Waals surface area contributed by atoms with Gasteiger partial charge in [0.15, 0.2) is 0 Å². The smallest absolute Gasteiger partial charge is 0.309 e. The molecule has 0 aromatic carbocycles. The Morgan fingerprint density at radius 3 is 1.98 bits per heavy atom. The third-order valence-electron chi connectivity index (χ3n) is 22.0. The number of piperazine rings is 1. The Morgan fingerprint density at radius 1 is 0.700 bits per heavy atom. The summed E-state index contributed by atoms with van der Waals surface area (Å²) >= 11 is 0. The number of carbonyl (C=O) groups excluding carboxylic acids is 3. The monoisotopic (exact) mass is 831 g/mol. The fraction of sp³-hybridized carbons (Fsp3) is 0.885. The topological polar surface area (TPSA) is 104 Å². The highest BCUT2D eigenvalue weighted by molar-refractivity contribution is 5.87. The van der Waals surface area contributed by atoms with Gasteiger partial charge >= 0.3 is 11.9 Å². The Hall–Kier alpha value is -2.22. The molecule has 7 aliphatic carbocycles. The molecule has 1 aliphatic heterocycles. The van der Waals surface area contributed by atoms with Crippen molar-refractivity contribution in [3.8, 4) is 0 Å². The average molecular weight is 831 g/mol. The highest BCUT2D eigenvalue weighted by atomic mass is 16.5. The molecule has 0 radical (unpaired) electrons. The van der Waals surface area contributed by atoms with E-state index in [1.165, 1.54) is 18.4 Å². The van der Waals surface area contributed by atoms with Crippen LogP contribution in [0.25, 0.3) is 0 Å². The molecule has 8 heteroatoms. The number of carboxylic acids is 1. The zero-order valence-electron chi connectivity index (χ0n) is 39.6. The van der Waals surface area contributed by atoms with Crippen LogP contribution in [0.1, 0.15) is 160 Å². The number of hydrogen-bond donors (Lipinski definition) is 1. The SMILES string of the molecule is C=C(C)[C@@H]1CC[C@]2(C(=O)C[C@H]3C[C@@H](C(=O)N4CCN(CC)CC4)C3(C)C)CC[C@]3(C)[C@H](CC[C@@H]4[C@@]5(C)CC[C@H](OC(=O)[C@H]6C[C@@H](C(=O)O)C6(C)C)C(C)(C)[C@@H]5CC[C@]43C)C12. The van der Waals surface area contributed by atoms with Crippen molar-refractivity contribution in [2.45, 2.75) is 166 Å². The van der Waals surface area contributed by atoms with Crippen LogP contribution in [0.5, 0.6) is 0 Å². The summed E-state index contributed by atoms with van der Waals surface area (Å²) in [4.78, 5) is 59.1. The van der Waals surface area contributed by atoms with Crippen LogP contribution >= 0.6 is 0 Å². The first kappa shape index (κ1) is 44.4. The van der Waals surface area contributed by atoms with Crippen molar-refractivity contribution in [2.75, 3.05) is 32.7 Å². The molecule has 60 heavy (non-hydrogen) atoms. The number of fused-ring (bicyclic) bond motifs is 7. The second kappa shape index (κ2) is 14.7. The summed E-state index contributed by atoms with van der Waals surface area (Å²) in [5.41, 5.74) is 0.415. The number of ether oxygens (including phenoxy) is 1. The predicted molar refractivity (Wildman–Crippen MR) is 236 cm³/mol. The molecule has 1 amide bonds. The molecule has 1 heterocycles. The van der Waals surface area contributed by atoms with E-state index in [1.54, 1.807) is 0 Å². The number of aliphatic carboxylic acids is 1. The van der Waals surface area contributed by atoms with E-state index in [2.05, 4.69) is 78.7 Å². The van der Waals surface area contributed by atoms with E-state index in [0.29, 0.717) is 54.1 Å². The lowest BCUT2D eigenvalue weighted by Crippen LogP contribution is -2.67. The molecule has 0 aromatic rings. The highest BCUT2D eigenvalue weighted by Crippen LogP contribution is 2.78. The average Bonchev–Trinajstić information content (AvgIpc) is 3.58. The van der Waals surface area contributed by atoms with Crippen molar-refractivity contribution in [3.05, 3.63) is 12.2 Å². The minimum atomic E-state index is -0.818. The van der Waals surface area contributed by atoms with Crippen molar-refractivity contribution in [1.82, 2.24) is 9.80 Å². The van der Waals surface area contributed by atoms with E-state index >= 15 is 4.79 Å². The van der Waals surface area contributed by atoms with E-state index in [1.807, 2.05) is 13.8 Å². The lowest BCUT2D eigenvalue weighted by molar-refractivity contribution is -0.251. The van der Waals surface area contributed by atoms with Crippen LogP contribution in [-0.2, 0) is 23.9 Å². The van der Waals surface area contributed by atoms with E-state index in [9.17, 15) is 19.5 Å². The number of likely N-dealkylation sites (N-methyl/N-ethyl adjacent to an activating group) is 1. The van der Waals surface area contributed by atoms with Crippen molar-refractivity contribution < 1.29 is 29.0 Å². The minimum absolute atomic E-state index is 0.0125. The molecule has 1 unspecified atom stereocenters. The van der Waals surface area contributed by atoms with Gasteiger partial charge in [0.1, 0.15) is 11.9 Å². The zero-order valence-corrected chi connectivity index (χ0v) is 39.6. The predicted octanol–water partition coefficient (Wildman–Crippen LogP) is 10.1. The number of nitrogens with zero attached hydrogens (tertiary/aromatic N) is 2. The Morgan fingerprint density at radius 2 is 1.38 bits per heavy atom. The summed E-state index contributed by atoms with van der Waals surface area (Å²) in [7, 11) is 0. The molecule has 0 aromatic heterocycles. The van der Waals surface area contributed by atoms with Crippen molar-refractivity contribution in [3.63, 3.8) is 0 Å². The van der Waals surface area contributed by atoms with Crippen molar-refractivity contribution in [1.29, 1.82) is 0 Å². The van der Waals surface area contributed by atoms with Gasteiger partial charge in [-0.05, 0) is 153 Å². The second-order valence-corrected chi connectivity index (χ2v) is 24.8. The fourth-order valence-corrected chi connectivity index (χ4v) is 17.5. The molecule has 8 nitrogen and oxygen atoms in total. The lowest BCUT2D eigenvalue weighted by atomic mass is 9.32. The number of ketones is 1. The number of amides is 1. The standard InChI is InChI=1S/C52H82N2O6/c1-13-53-24-26-54(27-25-53)43(56)35-28-32(46(35,4)5)29-40(55)52-21-16-33(31(2)3)42(52)34-14-15-39-49(10)19-18-41(60-45(59)37-30-36(44(57)58)47(37,6)7)48(8,9)38(49)17-20-51(39,12)50(34,11)22-23-52/h32-39,41-42H,2,13-30H2,1,3-12H3,(H,57,58)/t32-,33+,34-,35+,36+,37-,38+,39-,41+,42?,49+,50-,51-,52-/m1/s1. The molecule has 7 saturated carbocycles. The van der Waals surface area contributed by atoms with Crippen LogP contribution in [0.15, 0.2) is 12.2 Å². The van der Waals surface area contributed by atoms with Gasteiger partial charge < -0.3 is 19.6 Å². The minimum Gasteiger partial charge on any atom is -0.481 e. The first-order valence-electron chi connectivity index (χ1n) is 24.5. The molecule has 1 N–H and O–H groups in total. The second-order valence-electron chi connectivity index (χ2n) is 24.8. The van der Waals surface area contributed by atoms with Crippen LogP contribution in [-0.4, -0.2) is 77.4 Å². The summed E-state index contributed by atoms with van der Waals surface area (Å²) in [6.45, 7) is 34.5. The zero-order chi connectivity index (χ0) is 43.7. The van der Waals surface area contributed by atoms with E-state index in [0.717, 1.165) is 90.5 Å². The Labute approximate surface area is 363 Å². The van der Waals surface area contributed by atoms with Gasteiger partial charge in [0.2, 0.25) is 5.91 Å². The van der Waals surface area contributed by atoms with Crippen LogP contribution in [0.2, 0.25) is 0 Å². The third-order valence-corrected chi connectivity index (χ3v) is 22.0. The normalized spacial score (nSPS) is 46.3. The Balaban J connectivity index is 0.986. The summed E-state index contributed by atoms with van der Waals surface area (Å²) in [5, 5.41) is 9.70. The van der Waals surface area contributed by atoms with E-state index in [-0.39, 0.29) is 62.3 Å². The van der Waals surface area contributed by atoms with Gasteiger partial charge in [0.05, 0.1) is 11.8 Å². The van der Waals surface area contributed by atoms with Crippen LogP contribution in [0.3, 0.4) is 0 Å². The first-order valence-corrected chi connectivity index (χ1v) is 24.5. The third kappa shape index (κ3) is 6.16. The Bertz CT molecular complexity index is 1780. The van der Waals surface area contributed by atoms with E-state index in [4.69, 9.17) is 4.74 Å². The summed E-state index contributed by atoms with van der Waals surface area (Å²) in [5.74, 6) is 1.38. The number of carboxylic acid groups (broad SMARTS) is 1. The summed E-state index contributed by atoms with van der Waals surface area (Å²) in [6, 6.07) is 0. The molecule has 8 aliphatic rings. The summed E-state index contributed by atoms with van der Waals surface area (Å²) < 4.78 is 6.46. The molecule has 8 rings (SSSR count). The molecule has 336 valence electrons. The fourth-order valence-electron chi connectivity index (χ4n) is 17.5. The van der Waals surface area contributed by atoms with Crippen molar-refractivity contribution >= 4 is 23.6 Å². The molecular formula is C52H82N2O6. The van der Waals surface area contributed by atoms with Gasteiger partial charge in [-0.2, -0.15) is 0 Å². The van der Waals surface area contributed by atoms with Crippen LogP contribution < -0.4 is 0 Å². The van der Waals surface area contributed by atoms with Crippen molar-refractivity contribution in [2.24, 2.45) is 91.2 Å². The number of Topliss-reactive ketones (excluding diaryl/α,β-unsaturated/α-hetero) is 1. The van der Waals surface area contributed by atoms with Gasteiger partial charge in [-0.15, -0.1) is 0 Å². The van der Waals surface area contributed by atoms with Gasteiger partial charge in [-0.3, -0.25) is 19.2 Å². The maximum Gasteiger partial charge on any atom is 0.309 e. The maximum atomic E-state index is 15.2. The summed E-state index contributed by atoms with van der Waals surface area (Å²) in [6.07, 6.45) is 12.3. The molecule has 8 fully saturated rings. The van der Waals surface area contributed by atoms with Gasteiger partial charge in [-0.25, -0.2) is 0 Å². The Kier molecular flexibility index (Phi) is 10.8. The van der Waals surface area contributed by atoms with Gasteiger partial charge in [0, 0.05) is 49.3 Å². The number of rotatable bonds is 9. The first-order chi connectivity index (χ1) is 27.9. The molecule has 0 spiro atoms. The highest BCUT2D eigenvalue weighted by Gasteiger charge is 2.72. The molecule has 1 saturated heterocycles. The van der Waals surface area contributed by atoms with Crippen LogP contribution in [0.4, 0.5) is 0 Å². The van der Waals surface area contributed by atoms with Gasteiger partial charge in [0.25, 0.3) is 0 Å². The largest absolute Gasteiger partial charge is 0.481 e. The lowest BCUT2D eigenvalue weighted by Gasteiger charge is -2.73. The van der Waals surface area contributed by atoms with Gasteiger partial charge in [-0.1, -0.05) is 81.4 Å². The number of allylic oxidation sites excluding steroid dienone is 1. The quantitative estimate of drug-likeness (QED) is 0.182. The molecule has 0 bridgehead atoms. The number of hydrogen-bond acceptors (Lipinski definition) is 6. The van der Waals surface area contributed by atoms with E-state index < -0.39 is 17.3 Å². The maximum absolute atomic E-state index is 15.2. The number of esters is 1. The van der Waals surface area contributed by atoms with Crippen LogP contribution in [0, 0.1) is 91.2 Å². The molecule has 14 atom stereocenters. The molecular weight excluding hydrogens is 749 g/mol.